The van der Waals surface area contributed by atoms with Gasteiger partial charge in [0.15, 0.2) is 5.78 Å². The molecule has 0 saturated carbocycles. The van der Waals surface area contributed by atoms with E-state index < -0.39 is 47.1 Å². The van der Waals surface area contributed by atoms with Crippen LogP contribution in [0.2, 0.25) is 0 Å². The van der Waals surface area contributed by atoms with E-state index in [1.807, 2.05) is 17.5 Å². The van der Waals surface area contributed by atoms with Crippen LogP contribution in [0.5, 0.6) is 0 Å². The van der Waals surface area contributed by atoms with Crippen molar-refractivity contribution in [2.24, 2.45) is 0 Å². The largest absolute Gasteiger partial charge is 0.379 e. The molecule has 7 rings (SSSR count). The lowest BCUT2D eigenvalue weighted by Crippen LogP contribution is -2.54. The number of aryl methyl sites for hydroxylation is 1. The number of nitrogens with one attached hydrogen (secondary N) is 3. The van der Waals surface area contributed by atoms with Crippen LogP contribution in [0.1, 0.15) is 80.2 Å². The number of carbonyl (C=O) groups excluding carboxylic acids is 7. The van der Waals surface area contributed by atoms with Gasteiger partial charge in [0, 0.05) is 67.0 Å². The predicted octanol–water partition coefficient (Wildman–Crippen LogP) is 3.14. The third-order valence-corrected chi connectivity index (χ3v) is 12.5. The molecule has 66 heavy (non-hydrogen) atoms. The molecule has 0 spiro atoms. The molecule has 4 N–H and O–H groups in total. The quantitative estimate of drug-likeness (QED) is 0.0292. The van der Waals surface area contributed by atoms with Crippen molar-refractivity contribution in [3.8, 4) is 0 Å². The third-order valence-electron chi connectivity index (χ3n) is 11.6. The number of aliphatic hydroxyl groups is 1. The normalized spacial score (nSPS) is 18.4. The third kappa shape index (κ3) is 11.8. The monoisotopic (exact) mass is 929 g/mol. The first-order chi connectivity index (χ1) is 32.0. The fourth-order valence-electron chi connectivity index (χ4n) is 8.11. The average Bonchev–Trinajstić information content (AvgIpc) is 4.11. The minimum Gasteiger partial charge on any atom is -0.379 e. The van der Waals surface area contributed by atoms with Crippen LogP contribution >= 0.6 is 11.3 Å². The summed E-state index contributed by atoms with van der Waals surface area (Å²) >= 11 is 1.58. The molecule has 3 aliphatic rings. The molecule has 3 aliphatic heterocycles. The van der Waals surface area contributed by atoms with Crippen molar-refractivity contribution in [1.82, 2.24) is 20.5 Å². The Hall–Kier alpha value is -5.67. The van der Waals surface area contributed by atoms with Crippen LogP contribution in [0.4, 0.5) is 5.69 Å². The first-order valence-corrected chi connectivity index (χ1v) is 23.2. The molecule has 6 amide bonds. The zero-order valence-corrected chi connectivity index (χ0v) is 37.5. The number of ether oxygens (including phenoxy) is 5. The Balaban J connectivity index is 0.674. The number of aromatic amines is 1. The van der Waals surface area contributed by atoms with E-state index in [1.54, 1.807) is 53.8 Å². The molecule has 2 unspecified atom stereocenters. The molecule has 0 bridgehead atoms. The lowest BCUT2D eigenvalue weighted by atomic mass is 9.99. The molecule has 4 aromatic rings. The zero-order valence-electron chi connectivity index (χ0n) is 36.6. The summed E-state index contributed by atoms with van der Waals surface area (Å²) in [5.74, 6) is -3.53. The maximum Gasteiger partial charge on any atom is 0.268 e. The molecule has 18 nitrogen and oxygen atoms in total. The second-order valence-electron chi connectivity index (χ2n) is 16.1. The number of aromatic nitrogens is 1. The minimum absolute atomic E-state index is 0.0220. The molecule has 2 aromatic carbocycles. The number of ketones is 1. The van der Waals surface area contributed by atoms with Crippen LogP contribution in [0.15, 0.2) is 60.0 Å². The average molecular weight is 930 g/mol. The van der Waals surface area contributed by atoms with Crippen molar-refractivity contribution in [1.29, 1.82) is 0 Å². The molecular formula is C47H55N5O13S. The number of thiophene rings is 1. The molecule has 2 atom stereocenters. The number of fused-ring (bicyclic) bond motifs is 2. The van der Waals surface area contributed by atoms with E-state index in [-0.39, 0.29) is 43.6 Å². The number of piperidine rings is 1. The number of amides is 6. The Kier molecular flexibility index (Phi) is 16.9. The van der Waals surface area contributed by atoms with Gasteiger partial charge in [0.2, 0.25) is 17.4 Å². The first kappa shape index (κ1) is 48.3. The number of anilines is 1. The number of hydrogen-bond donors (Lipinski definition) is 4. The summed E-state index contributed by atoms with van der Waals surface area (Å²) in [4.78, 5) is 95.8. The van der Waals surface area contributed by atoms with Gasteiger partial charge in [0.1, 0.15) is 6.04 Å². The summed E-state index contributed by atoms with van der Waals surface area (Å²) in [7, 11) is 0. The van der Waals surface area contributed by atoms with Crippen molar-refractivity contribution in [3.63, 3.8) is 0 Å². The van der Waals surface area contributed by atoms with Gasteiger partial charge < -0.3 is 44.0 Å². The van der Waals surface area contributed by atoms with Gasteiger partial charge in [0.25, 0.3) is 23.6 Å². The van der Waals surface area contributed by atoms with Gasteiger partial charge in [-0.25, -0.2) is 0 Å². The number of H-pyrrole nitrogens is 1. The van der Waals surface area contributed by atoms with Crippen molar-refractivity contribution in [3.05, 3.63) is 87.2 Å². The predicted molar refractivity (Wildman–Crippen MR) is 240 cm³/mol. The Bertz CT molecular complexity index is 2390. The van der Waals surface area contributed by atoms with E-state index in [4.69, 9.17) is 23.7 Å². The van der Waals surface area contributed by atoms with Crippen LogP contribution < -0.4 is 15.5 Å². The number of rotatable bonds is 27. The number of Topliss-reactive ketones (excluding diaryl/α,β-unsaturated/α-hetero) is 1. The zero-order chi connectivity index (χ0) is 46.5. The lowest BCUT2D eigenvalue weighted by Gasteiger charge is -2.27. The standard InChI is InChI=1S/C47H55N5O13S/c53-39(37-30-32-29-33(10-11-36(32)49-37)51-17-15-47(60,46(51)59)45(58)48-16-14-34-7-4-28-66-34)9-3-19-62-21-23-64-25-27-65-26-24-63-22-20-61-18-2-6-31-5-1-8-35-41(31)44(57)52(43(35)56)38-12-13-40(54)50-42(38)55/h1,4-5,7-8,10-11,28-30,38,49,60H,2-3,6,9,12-27H2,(H,48,58)(H,50,54,55). The summed E-state index contributed by atoms with van der Waals surface area (Å²) in [6.07, 6.45) is 2.70. The highest BCUT2D eigenvalue weighted by Gasteiger charge is 2.52. The Morgan fingerprint density at radius 2 is 1.50 bits per heavy atom. The fourth-order valence-corrected chi connectivity index (χ4v) is 8.82. The number of benzene rings is 2. The summed E-state index contributed by atoms with van der Waals surface area (Å²) in [5.41, 5.74) is 0.860. The lowest BCUT2D eigenvalue weighted by molar-refractivity contribution is -0.149. The second-order valence-corrected chi connectivity index (χ2v) is 17.1. The number of hydrogen-bond acceptors (Lipinski definition) is 14. The van der Waals surface area contributed by atoms with Crippen LogP contribution in [0.3, 0.4) is 0 Å². The highest BCUT2D eigenvalue weighted by atomic mass is 32.1. The van der Waals surface area contributed by atoms with Crippen LogP contribution in [0, 0.1) is 0 Å². The van der Waals surface area contributed by atoms with Crippen molar-refractivity contribution in [2.45, 2.75) is 63.0 Å². The molecule has 2 aromatic heterocycles. The summed E-state index contributed by atoms with van der Waals surface area (Å²) in [6, 6.07) is 15.0. The van der Waals surface area contributed by atoms with Gasteiger partial charge in [-0.2, -0.15) is 0 Å². The van der Waals surface area contributed by atoms with Gasteiger partial charge in [0.05, 0.1) is 69.7 Å². The van der Waals surface area contributed by atoms with Crippen LogP contribution in [-0.4, -0.2) is 147 Å². The molecule has 2 saturated heterocycles. The van der Waals surface area contributed by atoms with Crippen molar-refractivity contribution < 1.29 is 62.4 Å². The molecule has 19 heteroatoms. The Labute approximate surface area is 385 Å². The molecule has 5 heterocycles. The minimum atomic E-state index is -2.13. The van der Waals surface area contributed by atoms with E-state index in [0.29, 0.717) is 121 Å². The van der Waals surface area contributed by atoms with Crippen LogP contribution in [-0.2, 0) is 55.7 Å². The van der Waals surface area contributed by atoms with Crippen molar-refractivity contribution >= 4 is 69.2 Å². The smallest absolute Gasteiger partial charge is 0.268 e. The van der Waals surface area contributed by atoms with Gasteiger partial charge >= 0.3 is 0 Å². The van der Waals surface area contributed by atoms with Crippen LogP contribution in [0.25, 0.3) is 10.9 Å². The van der Waals surface area contributed by atoms with Gasteiger partial charge in [-0.15, -0.1) is 11.3 Å². The van der Waals surface area contributed by atoms with Gasteiger partial charge in [-0.05, 0) is 79.4 Å². The molecular weight excluding hydrogens is 875 g/mol. The summed E-state index contributed by atoms with van der Waals surface area (Å²) in [5, 5.41) is 18.6. The number of carbonyl (C=O) groups is 7. The second kappa shape index (κ2) is 23.2. The first-order valence-electron chi connectivity index (χ1n) is 22.3. The summed E-state index contributed by atoms with van der Waals surface area (Å²) in [6.45, 7) is 4.43. The van der Waals surface area contributed by atoms with E-state index in [2.05, 4.69) is 15.6 Å². The maximum absolute atomic E-state index is 13.2. The van der Waals surface area contributed by atoms with E-state index in [0.717, 1.165) is 20.7 Å². The van der Waals surface area contributed by atoms with Crippen molar-refractivity contribution in [2.75, 3.05) is 84.1 Å². The SMILES string of the molecule is O=C1CCC(N2C(=O)c3cccc(CCCOCCOCCOCCOCCOCCCC(=O)c4cc5cc(N6CCC(O)(C(=O)NCCc7cccs7)C6=O)ccc5[nH]4)c3C2=O)C(=O)N1. The van der Waals surface area contributed by atoms with E-state index >= 15 is 0 Å². The Morgan fingerprint density at radius 3 is 2.18 bits per heavy atom. The number of nitrogens with zero attached hydrogens (tertiary/aromatic N) is 2. The number of imide groups is 2. The highest BCUT2D eigenvalue weighted by Crippen LogP contribution is 2.32. The molecule has 2 fully saturated rings. The maximum atomic E-state index is 13.2. The van der Waals surface area contributed by atoms with Gasteiger partial charge in [-0.3, -0.25) is 43.8 Å². The summed E-state index contributed by atoms with van der Waals surface area (Å²) < 4.78 is 28.0. The molecule has 352 valence electrons. The Morgan fingerprint density at radius 1 is 0.803 bits per heavy atom. The van der Waals surface area contributed by atoms with Gasteiger partial charge in [-0.1, -0.05) is 18.2 Å². The van der Waals surface area contributed by atoms with E-state index in [9.17, 15) is 38.7 Å². The molecule has 0 aliphatic carbocycles. The highest BCUT2D eigenvalue weighted by molar-refractivity contribution is 7.09. The fraction of sp³-hybridized carbons (Fsp3) is 0.468. The topological polar surface area (TPSA) is 232 Å². The molecule has 0 radical (unpaired) electrons. The van der Waals surface area contributed by atoms with E-state index in [1.165, 1.54) is 4.90 Å².